The second-order valence-electron chi connectivity index (χ2n) is 6.39. The van der Waals surface area contributed by atoms with E-state index in [1.807, 2.05) is 0 Å². The van der Waals surface area contributed by atoms with Gasteiger partial charge in [0.25, 0.3) is 0 Å². The van der Waals surface area contributed by atoms with Gasteiger partial charge in [-0.1, -0.05) is 12.1 Å². The normalized spacial score (nSPS) is 22.3. The highest BCUT2D eigenvalue weighted by atomic mass is 16.5. The third-order valence-corrected chi connectivity index (χ3v) is 4.57. The third kappa shape index (κ3) is 2.84. The summed E-state index contributed by atoms with van der Waals surface area (Å²) in [5, 5.41) is 0. The predicted molar refractivity (Wildman–Crippen MR) is 84.5 cm³/mol. The maximum Gasteiger partial charge on any atom is 0.126 e. The van der Waals surface area contributed by atoms with Crippen LogP contribution in [0.3, 0.4) is 0 Å². The Morgan fingerprint density at radius 3 is 2.60 bits per heavy atom. The third-order valence-electron chi connectivity index (χ3n) is 4.57. The van der Waals surface area contributed by atoms with Gasteiger partial charge in [-0.3, -0.25) is 0 Å². The second kappa shape index (κ2) is 6.15. The minimum Gasteiger partial charge on any atom is -0.493 e. The minimum atomic E-state index is 0.0617. The molecule has 1 aromatic carbocycles. The molecule has 3 heteroatoms. The van der Waals surface area contributed by atoms with Crippen molar-refractivity contribution >= 4 is 0 Å². The summed E-state index contributed by atoms with van der Waals surface area (Å²) in [7, 11) is 4.25. The SMILES string of the molecule is Cc1ccc(C)c2c1OCCCC2(CN)CCN(C)C. The zero-order chi connectivity index (χ0) is 14.8. The number of aryl methyl sites for hydroxylation is 2. The van der Waals surface area contributed by atoms with Crippen LogP contribution in [0.5, 0.6) is 5.75 Å². The number of hydrogen-bond donors (Lipinski definition) is 1. The van der Waals surface area contributed by atoms with Gasteiger partial charge in [0.1, 0.15) is 5.75 Å². The van der Waals surface area contributed by atoms with Gasteiger partial charge in [-0.05, 0) is 64.9 Å². The smallest absolute Gasteiger partial charge is 0.126 e. The Morgan fingerprint density at radius 2 is 1.95 bits per heavy atom. The Hall–Kier alpha value is -1.06. The van der Waals surface area contributed by atoms with E-state index < -0.39 is 0 Å². The number of hydrogen-bond acceptors (Lipinski definition) is 3. The van der Waals surface area contributed by atoms with Crippen molar-refractivity contribution in [3.8, 4) is 5.75 Å². The Labute approximate surface area is 123 Å². The summed E-state index contributed by atoms with van der Waals surface area (Å²) in [5.74, 6) is 1.09. The zero-order valence-corrected chi connectivity index (χ0v) is 13.3. The molecule has 0 saturated carbocycles. The second-order valence-corrected chi connectivity index (χ2v) is 6.39. The fourth-order valence-corrected chi connectivity index (χ4v) is 3.33. The molecule has 0 aromatic heterocycles. The summed E-state index contributed by atoms with van der Waals surface area (Å²) in [6, 6.07) is 4.37. The van der Waals surface area contributed by atoms with E-state index in [0.717, 1.165) is 38.2 Å². The van der Waals surface area contributed by atoms with Gasteiger partial charge < -0.3 is 15.4 Å². The van der Waals surface area contributed by atoms with Gasteiger partial charge in [0, 0.05) is 17.5 Å². The highest BCUT2D eigenvalue weighted by Crippen LogP contribution is 2.43. The van der Waals surface area contributed by atoms with Crippen LogP contribution in [0.1, 0.15) is 36.0 Å². The number of fused-ring (bicyclic) bond motifs is 1. The van der Waals surface area contributed by atoms with Crippen molar-refractivity contribution in [3.05, 3.63) is 28.8 Å². The molecule has 1 aromatic rings. The first-order chi connectivity index (χ1) is 9.50. The molecule has 1 atom stereocenters. The van der Waals surface area contributed by atoms with Gasteiger partial charge in [-0.2, -0.15) is 0 Å². The van der Waals surface area contributed by atoms with Gasteiger partial charge >= 0.3 is 0 Å². The lowest BCUT2D eigenvalue weighted by Crippen LogP contribution is -2.38. The summed E-state index contributed by atoms with van der Waals surface area (Å²) >= 11 is 0. The lowest BCUT2D eigenvalue weighted by atomic mass is 9.72. The summed E-state index contributed by atoms with van der Waals surface area (Å²) in [4.78, 5) is 2.24. The van der Waals surface area contributed by atoms with Crippen LogP contribution in [0.15, 0.2) is 12.1 Å². The van der Waals surface area contributed by atoms with Crippen molar-refractivity contribution in [2.75, 3.05) is 33.8 Å². The largest absolute Gasteiger partial charge is 0.493 e. The predicted octanol–water partition coefficient (Wildman–Crippen LogP) is 2.62. The maximum absolute atomic E-state index is 6.25. The van der Waals surface area contributed by atoms with Gasteiger partial charge in [-0.25, -0.2) is 0 Å². The van der Waals surface area contributed by atoms with Gasteiger partial charge in [0.15, 0.2) is 0 Å². The molecule has 1 aliphatic rings. The Balaban J connectivity index is 2.50. The molecule has 0 radical (unpaired) electrons. The van der Waals surface area contributed by atoms with Crippen molar-refractivity contribution in [3.63, 3.8) is 0 Å². The van der Waals surface area contributed by atoms with Gasteiger partial charge in [0.05, 0.1) is 6.61 Å². The fraction of sp³-hybridized carbons (Fsp3) is 0.647. The van der Waals surface area contributed by atoms with Crippen LogP contribution < -0.4 is 10.5 Å². The quantitative estimate of drug-likeness (QED) is 0.919. The van der Waals surface area contributed by atoms with Crippen molar-refractivity contribution in [2.24, 2.45) is 5.73 Å². The van der Waals surface area contributed by atoms with Crippen LogP contribution in [0.2, 0.25) is 0 Å². The number of nitrogens with two attached hydrogens (primary N) is 1. The molecule has 0 spiro atoms. The van der Waals surface area contributed by atoms with Crippen LogP contribution in [0, 0.1) is 13.8 Å². The van der Waals surface area contributed by atoms with E-state index in [9.17, 15) is 0 Å². The first kappa shape index (κ1) is 15.3. The Morgan fingerprint density at radius 1 is 1.25 bits per heavy atom. The van der Waals surface area contributed by atoms with Crippen LogP contribution >= 0.6 is 0 Å². The zero-order valence-electron chi connectivity index (χ0n) is 13.3. The van der Waals surface area contributed by atoms with Crippen molar-refractivity contribution in [1.29, 1.82) is 0 Å². The molecule has 20 heavy (non-hydrogen) atoms. The summed E-state index contributed by atoms with van der Waals surface area (Å²) in [6.45, 7) is 6.89. The van der Waals surface area contributed by atoms with Gasteiger partial charge in [-0.15, -0.1) is 0 Å². The standard InChI is InChI=1S/C17H28N2O/c1-13-6-7-14(2)16-15(13)17(12-18,8-5-11-20-16)9-10-19(3)4/h6-7H,5,8-12,18H2,1-4H3. The average Bonchev–Trinajstić information content (AvgIpc) is 2.62. The van der Waals surface area contributed by atoms with E-state index in [0.29, 0.717) is 6.54 Å². The summed E-state index contributed by atoms with van der Waals surface area (Å²) in [5.41, 5.74) is 10.2. The van der Waals surface area contributed by atoms with E-state index in [4.69, 9.17) is 10.5 Å². The van der Waals surface area contributed by atoms with Crippen LogP contribution in [-0.4, -0.2) is 38.7 Å². The maximum atomic E-state index is 6.25. The van der Waals surface area contributed by atoms with E-state index in [-0.39, 0.29) is 5.41 Å². The summed E-state index contributed by atoms with van der Waals surface area (Å²) in [6.07, 6.45) is 3.30. The monoisotopic (exact) mass is 276 g/mol. The molecule has 3 nitrogen and oxygen atoms in total. The summed E-state index contributed by atoms with van der Waals surface area (Å²) < 4.78 is 6.05. The molecule has 0 aliphatic carbocycles. The number of rotatable bonds is 4. The highest BCUT2D eigenvalue weighted by Gasteiger charge is 2.36. The molecule has 1 unspecified atom stereocenters. The molecule has 0 amide bonds. The Kier molecular flexibility index (Phi) is 4.71. The molecule has 0 saturated heterocycles. The molecule has 0 fully saturated rings. The number of benzene rings is 1. The van der Waals surface area contributed by atoms with Crippen molar-refractivity contribution < 1.29 is 4.74 Å². The first-order valence-electron chi connectivity index (χ1n) is 7.58. The molecule has 112 valence electrons. The molecule has 1 aliphatic heterocycles. The van der Waals surface area contributed by atoms with E-state index >= 15 is 0 Å². The van der Waals surface area contributed by atoms with Crippen molar-refractivity contribution in [1.82, 2.24) is 4.90 Å². The Bertz CT molecular complexity index is 470. The van der Waals surface area contributed by atoms with Crippen LogP contribution in [0.25, 0.3) is 0 Å². The lowest BCUT2D eigenvalue weighted by Gasteiger charge is -2.35. The molecule has 0 bridgehead atoms. The molecular weight excluding hydrogens is 248 g/mol. The van der Waals surface area contributed by atoms with Crippen LogP contribution in [-0.2, 0) is 5.41 Å². The van der Waals surface area contributed by atoms with E-state index in [1.165, 1.54) is 16.7 Å². The average molecular weight is 276 g/mol. The fourth-order valence-electron chi connectivity index (χ4n) is 3.33. The first-order valence-corrected chi connectivity index (χ1v) is 7.58. The number of nitrogens with zero attached hydrogens (tertiary/aromatic N) is 1. The topological polar surface area (TPSA) is 38.5 Å². The molecule has 1 heterocycles. The molecule has 2 rings (SSSR count). The van der Waals surface area contributed by atoms with E-state index in [1.54, 1.807) is 0 Å². The minimum absolute atomic E-state index is 0.0617. The number of ether oxygens (including phenoxy) is 1. The molecular formula is C17H28N2O. The van der Waals surface area contributed by atoms with Crippen molar-refractivity contribution in [2.45, 2.75) is 38.5 Å². The molecule has 2 N–H and O–H groups in total. The highest BCUT2D eigenvalue weighted by molar-refractivity contribution is 5.51. The van der Waals surface area contributed by atoms with E-state index in [2.05, 4.69) is 45.0 Å². The van der Waals surface area contributed by atoms with Crippen LogP contribution in [0.4, 0.5) is 0 Å². The lowest BCUT2D eigenvalue weighted by molar-refractivity contribution is 0.290. The van der Waals surface area contributed by atoms with Gasteiger partial charge in [0.2, 0.25) is 0 Å².